The van der Waals surface area contributed by atoms with Gasteiger partial charge in [0, 0.05) is 0 Å². The van der Waals surface area contributed by atoms with Gasteiger partial charge in [-0.15, -0.1) is 5.10 Å². The molecular formula is C5H8N4O4S. The molecule has 0 aliphatic carbocycles. The number of rotatable bonds is 4. The Balaban J connectivity index is 2.73. The molecule has 0 unspecified atom stereocenters. The molecule has 8 nitrogen and oxygen atoms in total. The molecule has 14 heavy (non-hydrogen) atoms. The van der Waals surface area contributed by atoms with Gasteiger partial charge in [0.25, 0.3) is 5.95 Å². The molecule has 0 bridgehead atoms. The Morgan fingerprint density at radius 1 is 1.64 bits per heavy atom. The maximum absolute atomic E-state index is 11.0. The number of H-pyrrole nitrogens is 1. The third-order valence-electron chi connectivity index (χ3n) is 1.16. The third-order valence-corrected chi connectivity index (χ3v) is 2.28. The van der Waals surface area contributed by atoms with Gasteiger partial charge >= 0.3 is 5.97 Å². The summed E-state index contributed by atoms with van der Waals surface area (Å²) in [7, 11) is -3.92. The first kappa shape index (κ1) is 10.4. The van der Waals surface area contributed by atoms with Crippen LogP contribution in [0.2, 0.25) is 0 Å². The number of hydrogen-bond acceptors (Lipinski definition) is 5. The summed E-state index contributed by atoms with van der Waals surface area (Å²) >= 11 is 0. The molecule has 0 fully saturated rings. The molecule has 3 N–H and O–H groups in total. The van der Waals surface area contributed by atoms with Crippen LogP contribution in [0.1, 0.15) is 5.82 Å². The van der Waals surface area contributed by atoms with Crippen molar-refractivity contribution in [2.45, 2.75) is 6.92 Å². The van der Waals surface area contributed by atoms with E-state index in [1.165, 1.54) is 0 Å². The van der Waals surface area contributed by atoms with Gasteiger partial charge in [-0.3, -0.25) is 9.89 Å². The van der Waals surface area contributed by atoms with E-state index in [-0.39, 0.29) is 5.95 Å². The maximum Gasteiger partial charge on any atom is 0.320 e. The highest BCUT2D eigenvalue weighted by atomic mass is 32.2. The summed E-state index contributed by atoms with van der Waals surface area (Å²) in [5, 5.41) is 14.2. The fourth-order valence-corrected chi connectivity index (χ4v) is 1.49. The number of aromatic amines is 1. The largest absolute Gasteiger partial charge is 0.480 e. The van der Waals surface area contributed by atoms with Gasteiger partial charge in [-0.25, -0.2) is 13.1 Å². The standard InChI is InChI=1S/C5H8N4O4S/c1-3-6-5(8-7-3)9-14(12,13)2-4(10)11/h2H2,1H3,(H,10,11)(H2,6,7,8,9). The van der Waals surface area contributed by atoms with Crippen molar-refractivity contribution in [1.29, 1.82) is 0 Å². The van der Waals surface area contributed by atoms with Crippen molar-refractivity contribution >= 4 is 21.9 Å². The maximum atomic E-state index is 11.0. The lowest BCUT2D eigenvalue weighted by Gasteiger charge is -1.99. The van der Waals surface area contributed by atoms with Crippen molar-refractivity contribution in [1.82, 2.24) is 15.2 Å². The number of aromatic nitrogens is 3. The number of aryl methyl sites for hydroxylation is 1. The van der Waals surface area contributed by atoms with Crippen molar-refractivity contribution in [3.8, 4) is 0 Å². The van der Waals surface area contributed by atoms with E-state index in [1.807, 2.05) is 4.72 Å². The Kier molecular flexibility index (Phi) is 2.70. The second-order valence-corrected chi connectivity index (χ2v) is 4.22. The van der Waals surface area contributed by atoms with Crippen LogP contribution in [0.5, 0.6) is 0 Å². The van der Waals surface area contributed by atoms with Crippen molar-refractivity contribution < 1.29 is 18.3 Å². The van der Waals surface area contributed by atoms with Crippen LogP contribution >= 0.6 is 0 Å². The molecule has 78 valence electrons. The quantitative estimate of drug-likeness (QED) is 0.593. The number of carbonyl (C=O) groups is 1. The fraction of sp³-hybridized carbons (Fsp3) is 0.400. The van der Waals surface area contributed by atoms with Gasteiger partial charge in [-0.05, 0) is 6.92 Å². The number of carboxylic acid groups (broad SMARTS) is 1. The van der Waals surface area contributed by atoms with Gasteiger partial charge in [0.2, 0.25) is 10.0 Å². The topological polar surface area (TPSA) is 125 Å². The Hall–Kier alpha value is -1.64. The van der Waals surface area contributed by atoms with E-state index >= 15 is 0 Å². The van der Waals surface area contributed by atoms with Crippen LogP contribution in [-0.4, -0.2) is 40.4 Å². The molecule has 0 saturated heterocycles. The van der Waals surface area contributed by atoms with E-state index in [0.717, 1.165) is 0 Å². The minimum Gasteiger partial charge on any atom is -0.480 e. The summed E-state index contributed by atoms with van der Waals surface area (Å²) in [4.78, 5) is 13.8. The van der Waals surface area contributed by atoms with Gasteiger partial charge in [0.1, 0.15) is 5.82 Å². The summed E-state index contributed by atoms with van der Waals surface area (Å²) in [6.45, 7) is 1.59. The summed E-state index contributed by atoms with van der Waals surface area (Å²) in [6, 6.07) is 0. The van der Waals surface area contributed by atoms with E-state index in [1.54, 1.807) is 6.92 Å². The van der Waals surface area contributed by atoms with Crippen LogP contribution in [-0.2, 0) is 14.8 Å². The van der Waals surface area contributed by atoms with Crippen LogP contribution in [0.25, 0.3) is 0 Å². The van der Waals surface area contributed by atoms with E-state index < -0.39 is 21.7 Å². The zero-order valence-corrected chi connectivity index (χ0v) is 8.00. The number of sulfonamides is 1. The summed E-state index contributed by atoms with van der Waals surface area (Å²) in [5.41, 5.74) is 0. The first-order valence-electron chi connectivity index (χ1n) is 3.50. The predicted molar refractivity (Wildman–Crippen MR) is 46.2 cm³/mol. The van der Waals surface area contributed by atoms with Crippen LogP contribution in [0.3, 0.4) is 0 Å². The lowest BCUT2D eigenvalue weighted by molar-refractivity contribution is -0.134. The molecule has 0 radical (unpaired) electrons. The molecule has 0 atom stereocenters. The summed E-state index contributed by atoms with van der Waals surface area (Å²) < 4.78 is 24.0. The average Bonchev–Trinajstić information content (AvgIpc) is 2.30. The summed E-state index contributed by atoms with van der Waals surface area (Å²) in [6.07, 6.45) is 0. The second kappa shape index (κ2) is 3.62. The Morgan fingerprint density at radius 3 is 2.71 bits per heavy atom. The minimum absolute atomic E-state index is 0.163. The highest BCUT2D eigenvalue weighted by Crippen LogP contribution is 2.00. The van der Waals surface area contributed by atoms with Crippen LogP contribution < -0.4 is 4.72 Å². The average molecular weight is 220 g/mol. The number of nitrogens with one attached hydrogen (secondary N) is 2. The van der Waals surface area contributed by atoms with Crippen molar-refractivity contribution in [2.75, 3.05) is 10.5 Å². The zero-order valence-electron chi connectivity index (χ0n) is 7.18. The van der Waals surface area contributed by atoms with Crippen LogP contribution in [0, 0.1) is 6.92 Å². The van der Waals surface area contributed by atoms with E-state index in [2.05, 4.69) is 15.2 Å². The molecule has 1 aromatic rings. The van der Waals surface area contributed by atoms with Crippen LogP contribution in [0.4, 0.5) is 5.95 Å². The van der Waals surface area contributed by atoms with Crippen molar-refractivity contribution in [3.05, 3.63) is 5.82 Å². The van der Waals surface area contributed by atoms with Gasteiger partial charge in [-0.1, -0.05) is 0 Å². The highest BCUT2D eigenvalue weighted by molar-refractivity contribution is 7.93. The fourth-order valence-electron chi connectivity index (χ4n) is 0.726. The molecular weight excluding hydrogens is 212 g/mol. The molecule has 1 heterocycles. The molecule has 0 amide bonds. The Labute approximate surface area is 79.4 Å². The van der Waals surface area contributed by atoms with Crippen molar-refractivity contribution in [2.24, 2.45) is 0 Å². The number of nitrogens with zero attached hydrogens (tertiary/aromatic N) is 2. The monoisotopic (exact) mass is 220 g/mol. The first-order valence-corrected chi connectivity index (χ1v) is 5.15. The minimum atomic E-state index is -3.92. The molecule has 0 aliphatic heterocycles. The Bertz CT molecular complexity index is 436. The first-order chi connectivity index (χ1) is 6.39. The number of hydrogen-bond donors (Lipinski definition) is 3. The molecule has 0 aliphatic rings. The van der Waals surface area contributed by atoms with E-state index in [0.29, 0.717) is 5.82 Å². The molecule has 0 spiro atoms. The lowest BCUT2D eigenvalue weighted by Crippen LogP contribution is -2.22. The lowest BCUT2D eigenvalue weighted by atomic mass is 10.8. The number of anilines is 1. The normalized spacial score (nSPS) is 11.2. The molecule has 0 aromatic carbocycles. The van der Waals surface area contributed by atoms with Gasteiger partial charge in [0.05, 0.1) is 0 Å². The molecule has 1 aromatic heterocycles. The molecule has 9 heteroatoms. The van der Waals surface area contributed by atoms with Crippen molar-refractivity contribution in [3.63, 3.8) is 0 Å². The van der Waals surface area contributed by atoms with E-state index in [4.69, 9.17) is 5.11 Å². The SMILES string of the molecule is Cc1nc(NS(=O)(=O)CC(=O)O)n[nH]1. The van der Waals surface area contributed by atoms with E-state index in [9.17, 15) is 13.2 Å². The Morgan fingerprint density at radius 2 is 2.29 bits per heavy atom. The smallest absolute Gasteiger partial charge is 0.320 e. The highest BCUT2D eigenvalue weighted by Gasteiger charge is 2.17. The number of aliphatic carboxylic acids is 1. The van der Waals surface area contributed by atoms with Crippen LogP contribution in [0.15, 0.2) is 0 Å². The van der Waals surface area contributed by atoms with Gasteiger partial charge in [-0.2, -0.15) is 4.98 Å². The van der Waals surface area contributed by atoms with Gasteiger partial charge in [0.15, 0.2) is 5.75 Å². The summed E-state index contributed by atoms with van der Waals surface area (Å²) in [5.74, 6) is -2.19. The molecule has 0 saturated carbocycles. The number of carboxylic acids is 1. The molecule has 1 rings (SSSR count). The van der Waals surface area contributed by atoms with Gasteiger partial charge < -0.3 is 5.11 Å². The predicted octanol–water partition coefficient (Wildman–Crippen LogP) is -1.06. The second-order valence-electron chi connectivity index (χ2n) is 2.50. The third kappa shape index (κ3) is 3.01. The zero-order chi connectivity index (χ0) is 10.8.